The van der Waals surface area contributed by atoms with Gasteiger partial charge in [0.1, 0.15) is 11.4 Å². The van der Waals surface area contributed by atoms with Crippen molar-refractivity contribution in [3.05, 3.63) is 27.1 Å². The van der Waals surface area contributed by atoms with Crippen molar-refractivity contribution in [1.29, 1.82) is 5.41 Å². The van der Waals surface area contributed by atoms with Crippen LogP contribution in [-0.2, 0) is 27.9 Å². The predicted octanol–water partition coefficient (Wildman–Crippen LogP) is -5.47. The number of fused-ring (bicyclic) bond motifs is 1. The number of carbonyl (C=O) groups excluding carboxylic acids is 3. The number of aryl methyl sites for hydroxylation is 1. The number of amides is 2. The molecule has 2 aliphatic rings. The number of tetrazole rings is 1. The van der Waals surface area contributed by atoms with Gasteiger partial charge in [-0.05, 0) is 16.0 Å². The maximum Gasteiger partial charge on any atom is 1.00 e. The van der Waals surface area contributed by atoms with Crippen molar-refractivity contribution in [2.75, 3.05) is 11.5 Å². The molecule has 2 atom stereocenters. The van der Waals surface area contributed by atoms with Crippen LogP contribution in [0.1, 0.15) is 5.69 Å². The first-order valence-electron chi connectivity index (χ1n) is 8.73. The average Bonchev–Trinajstić information content (AvgIpc) is 3.29. The van der Waals surface area contributed by atoms with Crippen LogP contribution in [0.5, 0.6) is 0 Å². The van der Waals surface area contributed by atoms with E-state index in [1.54, 1.807) is 7.05 Å². The van der Waals surface area contributed by atoms with Crippen molar-refractivity contribution in [2.45, 2.75) is 23.0 Å². The van der Waals surface area contributed by atoms with E-state index in [1.165, 1.54) is 33.6 Å². The average molecular weight is 507 g/mol. The van der Waals surface area contributed by atoms with Crippen LogP contribution in [0.3, 0.4) is 0 Å². The SMILES string of the molecule is Cn1nnnc1SCC1=C(C(=O)[O-])N2C(=O)C(NC(=O)Cc3csc(=N)n3O)[C@@H]2SC1.[Na+]. The Kier molecular flexibility index (Phi) is 7.72. The number of rotatable bonds is 7. The van der Waals surface area contributed by atoms with Gasteiger partial charge in [0.2, 0.25) is 15.9 Å². The first-order valence-corrected chi connectivity index (χ1v) is 11.6. The maximum atomic E-state index is 12.6. The third-order valence-corrected chi connectivity index (χ3v) is 7.85. The van der Waals surface area contributed by atoms with E-state index in [1.807, 2.05) is 0 Å². The second kappa shape index (κ2) is 9.96. The summed E-state index contributed by atoms with van der Waals surface area (Å²) in [5, 5.41) is 44.0. The molecule has 32 heavy (non-hydrogen) atoms. The number of aromatic nitrogens is 5. The Balaban J connectivity index is 0.00000289. The number of carboxylic acid groups (broad SMARTS) is 1. The van der Waals surface area contributed by atoms with E-state index in [9.17, 15) is 24.7 Å². The molecule has 3 N–H and O–H groups in total. The van der Waals surface area contributed by atoms with E-state index in [4.69, 9.17) is 5.41 Å². The molecule has 2 aromatic rings. The van der Waals surface area contributed by atoms with Gasteiger partial charge in [-0.3, -0.25) is 19.9 Å². The molecule has 0 radical (unpaired) electrons. The molecule has 1 unspecified atom stereocenters. The molecule has 0 bridgehead atoms. The number of β-lactam (4-membered cyclic amide) rings is 1. The van der Waals surface area contributed by atoms with Gasteiger partial charge in [0.05, 0.1) is 23.8 Å². The summed E-state index contributed by atoms with van der Waals surface area (Å²) < 4.78 is 2.05. The zero-order valence-electron chi connectivity index (χ0n) is 16.8. The third-order valence-electron chi connectivity index (χ3n) is 4.63. The monoisotopic (exact) mass is 506 g/mol. The van der Waals surface area contributed by atoms with Crippen molar-refractivity contribution in [2.24, 2.45) is 7.05 Å². The molecule has 0 saturated carbocycles. The zero-order chi connectivity index (χ0) is 22.3. The van der Waals surface area contributed by atoms with Gasteiger partial charge in [-0.25, -0.2) is 4.68 Å². The van der Waals surface area contributed by atoms with Crippen LogP contribution >= 0.6 is 34.9 Å². The first kappa shape index (κ1) is 24.8. The molecular weight excluding hydrogens is 491 g/mol. The summed E-state index contributed by atoms with van der Waals surface area (Å²) in [4.78, 5) is 37.7. The van der Waals surface area contributed by atoms with E-state index in [0.29, 0.717) is 21.2 Å². The zero-order valence-corrected chi connectivity index (χ0v) is 21.3. The number of nitrogens with one attached hydrogen (secondary N) is 2. The van der Waals surface area contributed by atoms with Crippen molar-refractivity contribution >= 4 is 52.6 Å². The molecule has 1 fully saturated rings. The molecule has 13 nitrogen and oxygen atoms in total. The Labute approximate surface area is 215 Å². The number of aliphatic carboxylic acids is 1. The molecule has 2 amide bonds. The molecule has 4 rings (SSSR count). The second-order valence-electron chi connectivity index (χ2n) is 6.59. The normalized spacial score (nSPS) is 19.8. The molecule has 0 spiro atoms. The summed E-state index contributed by atoms with van der Waals surface area (Å²) in [6.45, 7) is 0. The van der Waals surface area contributed by atoms with Gasteiger partial charge < -0.3 is 20.4 Å². The molecule has 1 saturated heterocycles. The van der Waals surface area contributed by atoms with Crippen LogP contribution in [0.2, 0.25) is 0 Å². The standard InChI is InChI=1S/C15H16N8O5S3.Na/c1-21-15(18-19-20-21)31-4-6-3-29-12-9(11(25)22(12)10(6)13(26)27)17-8(24)2-7-5-30-14(16)23(7)28;/h5,9,12,16,28H,2-4H2,1H3,(H,17,24)(H,26,27);/q;+1/p-1/t9?,12-;/m0./s1. The smallest absolute Gasteiger partial charge is 0.543 e. The quantitative estimate of drug-likeness (QED) is 0.142. The van der Waals surface area contributed by atoms with E-state index in [2.05, 4.69) is 20.8 Å². The largest absolute Gasteiger partial charge is 1.00 e. The second-order valence-corrected chi connectivity index (χ2v) is 9.49. The molecular formula is C15H15N8NaO5S3. The minimum Gasteiger partial charge on any atom is -0.543 e. The Bertz CT molecular complexity index is 1160. The van der Waals surface area contributed by atoms with Crippen LogP contribution in [-0.4, -0.2) is 75.7 Å². The van der Waals surface area contributed by atoms with Crippen LogP contribution < -0.4 is 44.8 Å². The van der Waals surface area contributed by atoms with Gasteiger partial charge in [-0.1, -0.05) is 11.8 Å². The third kappa shape index (κ3) is 4.60. The molecule has 17 heteroatoms. The van der Waals surface area contributed by atoms with Gasteiger partial charge in [0, 0.05) is 23.9 Å². The fourth-order valence-corrected chi connectivity index (χ4v) is 6.12. The number of carbonyl (C=O) groups is 3. The predicted molar refractivity (Wildman–Crippen MR) is 106 cm³/mol. The van der Waals surface area contributed by atoms with Crippen molar-refractivity contribution in [3.63, 3.8) is 0 Å². The van der Waals surface area contributed by atoms with Crippen molar-refractivity contribution in [3.8, 4) is 0 Å². The molecule has 2 aliphatic heterocycles. The van der Waals surface area contributed by atoms with E-state index in [-0.39, 0.29) is 57.9 Å². The minimum absolute atomic E-state index is 0. The maximum absolute atomic E-state index is 12.6. The van der Waals surface area contributed by atoms with Crippen LogP contribution in [0, 0.1) is 5.41 Å². The fourth-order valence-electron chi connectivity index (χ4n) is 3.14. The van der Waals surface area contributed by atoms with Crippen LogP contribution in [0.25, 0.3) is 0 Å². The molecule has 0 aromatic carbocycles. The Morgan fingerprint density at radius 2 is 2.22 bits per heavy atom. The van der Waals surface area contributed by atoms with Gasteiger partial charge in [-0.15, -0.1) is 28.2 Å². The summed E-state index contributed by atoms with van der Waals surface area (Å²) in [6.07, 6.45) is -0.218. The van der Waals surface area contributed by atoms with Crippen molar-refractivity contribution in [1.82, 2.24) is 35.2 Å². The Morgan fingerprint density at radius 3 is 2.81 bits per heavy atom. The van der Waals surface area contributed by atoms with Gasteiger partial charge in [-0.2, -0.15) is 4.73 Å². The van der Waals surface area contributed by atoms with Gasteiger partial charge in [0.25, 0.3) is 5.91 Å². The number of thioether (sulfide) groups is 2. The van der Waals surface area contributed by atoms with E-state index >= 15 is 0 Å². The summed E-state index contributed by atoms with van der Waals surface area (Å²) in [5.74, 6) is -1.92. The summed E-state index contributed by atoms with van der Waals surface area (Å²) in [7, 11) is 1.66. The summed E-state index contributed by atoms with van der Waals surface area (Å²) in [5.41, 5.74) is 0.544. The van der Waals surface area contributed by atoms with E-state index in [0.717, 1.165) is 16.2 Å². The summed E-state index contributed by atoms with van der Waals surface area (Å²) in [6, 6.07) is -0.884. The number of nitrogens with zero attached hydrogens (tertiary/aromatic N) is 6. The first-order chi connectivity index (χ1) is 14.8. The fraction of sp³-hybridized carbons (Fsp3) is 0.400. The van der Waals surface area contributed by atoms with Crippen LogP contribution in [0.4, 0.5) is 0 Å². The number of hydrogen-bond donors (Lipinski definition) is 3. The number of thiazole rings is 1. The minimum atomic E-state index is -1.46. The Hall–Kier alpha value is -1.85. The molecule has 164 valence electrons. The number of carboxylic acids is 1. The molecule has 4 heterocycles. The topological polar surface area (TPSA) is 182 Å². The van der Waals surface area contributed by atoms with Gasteiger partial charge in [0.15, 0.2) is 0 Å². The van der Waals surface area contributed by atoms with Gasteiger partial charge >= 0.3 is 29.6 Å². The molecule has 2 aromatic heterocycles. The van der Waals surface area contributed by atoms with E-state index < -0.39 is 29.2 Å². The molecule has 0 aliphatic carbocycles. The van der Waals surface area contributed by atoms with Crippen LogP contribution in [0.15, 0.2) is 21.8 Å². The van der Waals surface area contributed by atoms with Crippen molar-refractivity contribution < 1.29 is 54.3 Å². The number of hydrogen-bond acceptors (Lipinski definition) is 12. The summed E-state index contributed by atoms with van der Waals surface area (Å²) >= 11 is 3.55. The Morgan fingerprint density at radius 1 is 1.47 bits per heavy atom.